The van der Waals surface area contributed by atoms with Crippen LogP contribution in [0.25, 0.3) is 0 Å². The summed E-state index contributed by atoms with van der Waals surface area (Å²) in [5.74, 6) is 0.753. The van der Waals surface area contributed by atoms with Crippen molar-refractivity contribution in [2.24, 2.45) is 11.8 Å². The Balaban J connectivity index is 1.89. The molecule has 5 heteroatoms. The van der Waals surface area contributed by atoms with Crippen LogP contribution in [0, 0.1) is 11.8 Å². The van der Waals surface area contributed by atoms with E-state index in [0.29, 0.717) is 12.5 Å². The molecule has 0 radical (unpaired) electrons. The van der Waals surface area contributed by atoms with Crippen LogP contribution in [-0.4, -0.2) is 43.8 Å². The monoisotopic (exact) mass is 262 g/mol. The Bertz CT molecular complexity index is 352. The van der Waals surface area contributed by atoms with Crippen molar-refractivity contribution in [1.82, 2.24) is 0 Å². The van der Waals surface area contributed by atoms with Gasteiger partial charge in [-0.25, -0.2) is 8.42 Å². The quantitative estimate of drug-likeness (QED) is 0.820. The molecule has 2 aliphatic heterocycles. The first-order valence-electron chi connectivity index (χ1n) is 6.47. The van der Waals surface area contributed by atoms with Gasteiger partial charge in [-0.3, -0.25) is 0 Å². The molecule has 0 aromatic heterocycles. The van der Waals surface area contributed by atoms with Gasteiger partial charge in [0, 0.05) is 6.61 Å². The van der Waals surface area contributed by atoms with Crippen molar-refractivity contribution in [3.05, 3.63) is 0 Å². The van der Waals surface area contributed by atoms with E-state index in [4.69, 9.17) is 4.74 Å². The molecule has 2 aliphatic rings. The van der Waals surface area contributed by atoms with Gasteiger partial charge in [0.15, 0.2) is 9.84 Å². The summed E-state index contributed by atoms with van der Waals surface area (Å²) in [6.45, 7) is 2.14. The summed E-state index contributed by atoms with van der Waals surface area (Å²) >= 11 is 0. The van der Waals surface area contributed by atoms with E-state index in [-0.39, 0.29) is 36.1 Å². The molecule has 2 heterocycles. The second kappa shape index (κ2) is 5.24. The minimum atomic E-state index is -2.85. The average molecular weight is 262 g/mol. The third kappa shape index (κ3) is 3.42. The van der Waals surface area contributed by atoms with Gasteiger partial charge in [0.1, 0.15) is 0 Å². The molecule has 4 nitrogen and oxygen atoms in total. The fourth-order valence-electron chi connectivity index (χ4n) is 3.01. The van der Waals surface area contributed by atoms with Crippen LogP contribution in [0.4, 0.5) is 0 Å². The largest absolute Gasteiger partial charge is 0.396 e. The minimum absolute atomic E-state index is 0.0778. The topological polar surface area (TPSA) is 63.6 Å². The molecule has 0 spiro atoms. The second-order valence-electron chi connectivity index (χ2n) is 5.49. The van der Waals surface area contributed by atoms with Crippen molar-refractivity contribution in [2.45, 2.75) is 44.8 Å². The second-order valence-corrected chi connectivity index (χ2v) is 7.72. The van der Waals surface area contributed by atoms with Crippen LogP contribution in [0.1, 0.15) is 32.6 Å². The first kappa shape index (κ1) is 13.3. The fourth-order valence-corrected chi connectivity index (χ4v) is 4.93. The van der Waals surface area contributed by atoms with E-state index in [1.165, 1.54) is 0 Å². The van der Waals surface area contributed by atoms with Gasteiger partial charge in [0.05, 0.1) is 23.7 Å². The Kier molecular flexibility index (Phi) is 4.10. The van der Waals surface area contributed by atoms with Gasteiger partial charge in [-0.15, -0.1) is 0 Å². The van der Waals surface area contributed by atoms with Crippen LogP contribution in [-0.2, 0) is 14.6 Å². The van der Waals surface area contributed by atoms with E-state index in [9.17, 15) is 13.5 Å². The Labute approximate surface area is 103 Å². The Morgan fingerprint density at radius 3 is 2.59 bits per heavy atom. The molecule has 100 valence electrons. The van der Waals surface area contributed by atoms with E-state index in [1.807, 2.05) is 0 Å². The zero-order valence-electron chi connectivity index (χ0n) is 10.3. The van der Waals surface area contributed by atoms with Gasteiger partial charge < -0.3 is 9.84 Å². The summed E-state index contributed by atoms with van der Waals surface area (Å²) in [5.41, 5.74) is 0. The first-order valence-corrected chi connectivity index (χ1v) is 8.29. The summed E-state index contributed by atoms with van der Waals surface area (Å²) < 4.78 is 28.6. The highest BCUT2D eigenvalue weighted by Gasteiger charge is 2.35. The molecule has 0 aromatic carbocycles. The Morgan fingerprint density at radius 1 is 1.35 bits per heavy atom. The average Bonchev–Trinajstić information content (AvgIpc) is 2.81. The van der Waals surface area contributed by atoms with E-state index >= 15 is 0 Å². The van der Waals surface area contributed by atoms with Crippen molar-refractivity contribution in [3.63, 3.8) is 0 Å². The molecule has 0 amide bonds. The molecular weight excluding hydrogens is 240 g/mol. The molecule has 0 aliphatic carbocycles. The predicted molar refractivity (Wildman–Crippen MR) is 65.5 cm³/mol. The molecule has 17 heavy (non-hydrogen) atoms. The van der Waals surface area contributed by atoms with Crippen LogP contribution in [0.3, 0.4) is 0 Å². The van der Waals surface area contributed by atoms with Gasteiger partial charge >= 0.3 is 0 Å². The SMILES string of the molecule is CC1CCC(CC(CO)C2CCS(=O)(=O)C2)O1. The lowest BCUT2D eigenvalue weighted by Crippen LogP contribution is -2.25. The zero-order chi connectivity index (χ0) is 12.5. The number of aliphatic hydroxyl groups excluding tert-OH is 1. The highest BCUT2D eigenvalue weighted by atomic mass is 32.2. The summed E-state index contributed by atoms with van der Waals surface area (Å²) in [6.07, 6.45) is 4.15. The lowest BCUT2D eigenvalue weighted by molar-refractivity contribution is 0.0259. The highest BCUT2D eigenvalue weighted by Crippen LogP contribution is 2.32. The van der Waals surface area contributed by atoms with Crippen molar-refractivity contribution >= 4 is 9.84 Å². The Morgan fingerprint density at radius 2 is 2.12 bits per heavy atom. The van der Waals surface area contributed by atoms with Crippen LogP contribution in [0.15, 0.2) is 0 Å². The van der Waals surface area contributed by atoms with E-state index in [2.05, 4.69) is 6.92 Å². The molecule has 4 unspecified atom stereocenters. The molecule has 0 bridgehead atoms. The first-order chi connectivity index (χ1) is 8.00. The molecular formula is C12H22O4S. The van der Waals surface area contributed by atoms with Gasteiger partial charge in [0.25, 0.3) is 0 Å². The lowest BCUT2D eigenvalue weighted by atomic mass is 9.87. The predicted octanol–water partition coefficient (Wildman–Crippen LogP) is 0.987. The van der Waals surface area contributed by atoms with Gasteiger partial charge in [0.2, 0.25) is 0 Å². The van der Waals surface area contributed by atoms with Crippen LogP contribution >= 0.6 is 0 Å². The maximum absolute atomic E-state index is 11.4. The van der Waals surface area contributed by atoms with E-state index in [1.54, 1.807) is 0 Å². The van der Waals surface area contributed by atoms with Crippen molar-refractivity contribution in [1.29, 1.82) is 0 Å². The minimum Gasteiger partial charge on any atom is -0.396 e. The van der Waals surface area contributed by atoms with Gasteiger partial charge in [-0.1, -0.05) is 0 Å². The number of sulfone groups is 1. The third-order valence-corrected chi connectivity index (χ3v) is 5.85. The van der Waals surface area contributed by atoms with Crippen LogP contribution in [0.2, 0.25) is 0 Å². The molecule has 4 atom stereocenters. The number of hydrogen-bond acceptors (Lipinski definition) is 4. The summed E-state index contributed by atoms with van der Waals surface area (Å²) in [6, 6.07) is 0. The number of ether oxygens (including phenoxy) is 1. The molecule has 1 N–H and O–H groups in total. The smallest absolute Gasteiger partial charge is 0.150 e. The van der Waals surface area contributed by atoms with Crippen molar-refractivity contribution in [3.8, 4) is 0 Å². The van der Waals surface area contributed by atoms with Crippen molar-refractivity contribution in [2.75, 3.05) is 18.1 Å². The maximum atomic E-state index is 11.4. The van der Waals surface area contributed by atoms with Gasteiger partial charge in [-0.05, 0) is 44.4 Å². The lowest BCUT2D eigenvalue weighted by Gasteiger charge is -2.23. The van der Waals surface area contributed by atoms with E-state index in [0.717, 1.165) is 19.3 Å². The molecule has 2 saturated heterocycles. The molecule has 2 rings (SSSR count). The van der Waals surface area contributed by atoms with E-state index < -0.39 is 9.84 Å². The summed E-state index contributed by atoms with van der Waals surface area (Å²) in [7, 11) is -2.85. The molecule has 0 saturated carbocycles. The molecule has 2 fully saturated rings. The molecule has 0 aromatic rings. The van der Waals surface area contributed by atoms with Crippen LogP contribution < -0.4 is 0 Å². The zero-order valence-corrected chi connectivity index (χ0v) is 11.2. The normalized spacial score (nSPS) is 38.4. The number of aliphatic hydroxyl groups is 1. The maximum Gasteiger partial charge on any atom is 0.150 e. The Hall–Kier alpha value is -0.130. The third-order valence-electron chi connectivity index (χ3n) is 4.05. The van der Waals surface area contributed by atoms with Crippen LogP contribution in [0.5, 0.6) is 0 Å². The number of rotatable bonds is 4. The fraction of sp³-hybridized carbons (Fsp3) is 1.00. The highest BCUT2D eigenvalue weighted by molar-refractivity contribution is 7.91. The van der Waals surface area contributed by atoms with Crippen molar-refractivity contribution < 1.29 is 18.3 Å². The summed E-state index contributed by atoms with van der Waals surface area (Å²) in [4.78, 5) is 0. The van der Waals surface area contributed by atoms with Gasteiger partial charge in [-0.2, -0.15) is 0 Å². The summed E-state index contributed by atoms with van der Waals surface area (Å²) in [5, 5.41) is 9.43. The number of hydrogen-bond donors (Lipinski definition) is 1. The standard InChI is InChI=1S/C12H22O4S/c1-9-2-3-12(16-9)6-11(7-13)10-4-5-17(14,15)8-10/h9-13H,2-8H2,1H3.